The van der Waals surface area contributed by atoms with Crippen LogP contribution >= 0.6 is 11.8 Å². The van der Waals surface area contributed by atoms with E-state index in [-0.39, 0.29) is 11.8 Å². The normalized spacial score (nSPS) is 21.3. The van der Waals surface area contributed by atoms with E-state index in [0.717, 1.165) is 78.6 Å². The SMILES string of the molecule is COc1ccc2ncc(CN3CCOCC3)c([C@@H](O)CCC3(CC(=O)O)CCN(CCSC4CCCC4)CC3)c2c1. The van der Waals surface area contributed by atoms with Gasteiger partial charge in [-0.2, -0.15) is 11.8 Å². The van der Waals surface area contributed by atoms with Crippen LogP contribution in [0.1, 0.15) is 75.0 Å². The fraction of sp³-hybridized carbons (Fsp3) is 0.688. The van der Waals surface area contributed by atoms with Crippen LogP contribution in [0.4, 0.5) is 0 Å². The first-order valence-corrected chi connectivity index (χ1v) is 16.5. The fourth-order valence-corrected chi connectivity index (χ4v) is 8.32. The number of benzene rings is 1. The van der Waals surface area contributed by atoms with E-state index in [4.69, 9.17) is 14.5 Å². The lowest BCUT2D eigenvalue weighted by Crippen LogP contribution is -2.42. The Labute approximate surface area is 248 Å². The third kappa shape index (κ3) is 8.14. The maximum atomic E-state index is 12.0. The molecule has 9 heteroatoms. The summed E-state index contributed by atoms with van der Waals surface area (Å²) in [4.78, 5) is 21.6. The Morgan fingerprint density at radius 3 is 2.63 bits per heavy atom. The highest BCUT2D eigenvalue weighted by Gasteiger charge is 2.37. The molecule has 0 unspecified atom stereocenters. The maximum Gasteiger partial charge on any atom is 0.303 e. The Morgan fingerprint density at radius 1 is 1.17 bits per heavy atom. The average Bonchev–Trinajstić information content (AvgIpc) is 3.50. The number of rotatable bonds is 13. The predicted octanol–water partition coefficient (Wildman–Crippen LogP) is 5.12. The molecule has 1 atom stereocenters. The minimum atomic E-state index is -0.739. The molecule has 5 rings (SSSR count). The van der Waals surface area contributed by atoms with Gasteiger partial charge < -0.3 is 24.6 Å². The maximum absolute atomic E-state index is 12.0. The van der Waals surface area contributed by atoms with Gasteiger partial charge in [-0.3, -0.25) is 14.7 Å². The third-order valence-corrected chi connectivity index (χ3v) is 10.8. The molecule has 0 amide bonds. The Kier molecular flexibility index (Phi) is 10.8. The summed E-state index contributed by atoms with van der Waals surface area (Å²) in [5.41, 5.74) is 2.45. The number of carboxylic acids is 1. The number of aromatic nitrogens is 1. The van der Waals surface area contributed by atoms with Crippen LogP contribution in [0.5, 0.6) is 5.75 Å². The monoisotopic (exact) mass is 585 g/mol. The van der Waals surface area contributed by atoms with E-state index >= 15 is 0 Å². The lowest BCUT2D eigenvalue weighted by atomic mass is 9.71. The van der Waals surface area contributed by atoms with Gasteiger partial charge in [0.1, 0.15) is 5.75 Å². The summed E-state index contributed by atoms with van der Waals surface area (Å²) in [5, 5.41) is 23.4. The number of piperidine rings is 1. The number of hydrogen-bond donors (Lipinski definition) is 2. The fourth-order valence-electron chi connectivity index (χ4n) is 6.96. The van der Waals surface area contributed by atoms with Crippen LogP contribution in [-0.2, 0) is 16.1 Å². The zero-order chi connectivity index (χ0) is 28.7. The summed E-state index contributed by atoms with van der Waals surface area (Å²) >= 11 is 2.12. The molecule has 3 fully saturated rings. The van der Waals surface area contributed by atoms with Crippen LogP contribution in [0.3, 0.4) is 0 Å². The number of aliphatic hydroxyl groups is 1. The summed E-state index contributed by atoms with van der Waals surface area (Å²) in [5.74, 6) is 1.16. The number of nitrogens with zero attached hydrogens (tertiary/aromatic N) is 3. The number of ether oxygens (including phenoxy) is 2. The topological polar surface area (TPSA) is 95.4 Å². The molecular formula is C32H47N3O5S. The van der Waals surface area contributed by atoms with Gasteiger partial charge in [-0.1, -0.05) is 12.8 Å². The van der Waals surface area contributed by atoms with Crippen molar-refractivity contribution >= 4 is 28.6 Å². The van der Waals surface area contributed by atoms with E-state index < -0.39 is 12.1 Å². The highest BCUT2D eigenvalue weighted by molar-refractivity contribution is 7.99. The lowest BCUT2D eigenvalue weighted by molar-refractivity contribution is -0.141. The largest absolute Gasteiger partial charge is 0.497 e. The van der Waals surface area contributed by atoms with Crippen LogP contribution in [0.25, 0.3) is 10.9 Å². The molecule has 2 saturated heterocycles. The number of aliphatic hydroxyl groups excluding tert-OH is 1. The standard InChI is InChI=1S/C32H47N3O5S/c1-39-25-6-7-28-27(20-25)31(24(22-33-28)23-35-14-17-40-18-15-35)29(36)8-9-32(21-30(37)38)10-12-34(13-11-32)16-19-41-26-4-2-3-5-26/h6-7,20,22,26,29,36H,2-5,8-19,21,23H2,1H3,(H,37,38)/t29-/m0/s1. The second kappa shape index (κ2) is 14.5. The second-order valence-electron chi connectivity index (χ2n) is 12.2. The summed E-state index contributed by atoms with van der Waals surface area (Å²) in [6.45, 7) is 6.78. The van der Waals surface area contributed by atoms with Crippen LogP contribution in [0, 0.1) is 5.41 Å². The van der Waals surface area contributed by atoms with Gasteiger partial charge in [0.25, 0.3) is 0 Å². The van der Waals surface area contributed by atoms with Crippen molar-refractivity contribution in [2.75, 3.05) is 58.8 Å². The molecule has 0 radical (unpaired) electrons. The van der Waals surface area contributed by atoms with Crippen molar-refractivity contribution in [3.63, 3.8) is 0 Å². The van der Waals surface area contributed by atoms with Gasteiger partial charge in [0.05, 0.1) is 38.4 Å². The number of morpholine rings is 1. The van der Waals surface area contributed by atoms with E-state index in [1.807, 2.05) is 24.4 Å². The molecule has 0 bridgehead atoms. The first-order chi connectivity index (χ1) is 19.9. The predicted molar refractivity (Wildman–Crippen MR) is 164 cm³/mol. The number of pyridine rings is 1. The number of methoxy groups -OCH3 is 1. The van der Waals surface area contributed by atoms with Gasteiger partial charge in [-0.15, -0.1) is 0 Å². The molecule has 2 aromatic rings. The molecule has 1 aromatic carbocycles. The van der Waals surface area contributed by atoms with Crippen molar-refractivity contribution in [1.82, 2.24) is 14.8 Å². The minimum absolute atomic E-state index is 0.163. The van der Waals surface area contributed by atoms with Crippen molar-refractivity contribution in [1.29, 1.82) is 0 Å². The van der Waals surface area contributed by atoms with Crippen molar-refractivity contribution in [2.45, 2.75) is 75.7 Å². The summed E-state index contributed by atoms with van der Waals surface area (Å²) in [6, 6.07) is 5.81. The first-order valence-electron chi connectivity index (χ1n) is 15.4. The number of carboxylic acid groups (broad SMARTS) is 1. The van der Waals surface area contributed by atoms with Gasteiger partial charge in [0, 0.05) is 48.8 Å². The molecule has 226 valence electrons. The van der Waals surface area contributed by atoms with Gasteiger partial charge in [-0.05, 0) is 86.4 Å². The van der Waals surface area contributed by atoms with E-state index in [2.05, 4.69) is 21.6 Å². The third-order valence-electron chi connectivity index (χ3n) is 9.48. The Hall–Kier alpha value is -1.91. The second-order valence-corrected chi connectivity index (χ2v) is 13.6. The Bertz CT molecular complexity index is 1140. The minimum Gasteiger partial charge on any atom is -0.497 e. The molecule has 41 heavy (non-hydrogen) atoms. The van der Waals surface area contributed by atoms with Crippen LogP contribution < -0.4 is 4.74 Å². The zero-order valence-electron chi connectivity index (χ0n) is 24.6. The molecule has 1 aliphatic carbocycles. The van der Waals surface area contributed by atoms with Crippen molar-refractivity contribution in [3.05, 3.63) is 35.5 Å². The van der Waals surface area contributed by atoms with Gasteiger partial charge >= 0.3 is 5.97 Å². The average molecular weight is 586 g/mol. The molecule has 8 nitrogen and oxygen atoms in total. The quantitative estimate of drug-likeness (QED) is 0.332. The molecule has 2 N–H and O–H groups in total. The van der Waals surface area contributed by atoms with Crippen LogP contribution in [0.15, 0.2) is 24.4 Å². The Morgan fingerprint density at radius 2 is 1.93 bits per heavy atom. The van der Waals surface area contributed by atoms with Gasteiger partial charge in [-0.25, -0.2) is 0 Å². The van der Waals surface area contributed by atoms with E-state index in [1.54, 1.807) is 7.11 Å². The number of hydrogen-bond acceptors (Lipinski definition) is 8. The number of thioether (sulfide) groups is 1. The number of aliphatic carboxylic acids is 1. The van der Waals surface area contributed by atoms with Crippen molar-refractivity contribution < 1.29 is 24.5 Å². The molecular weight excluding hydrogens is 538 g/mol. The Balaban J connectivity index is 1.28. The zero-order valence-corrected chi connectivity index (χ0v) is 25.4. The summed E-state index contributed by atoms with van der Waals surface area (Å²) in [6.07, 6.45) is 9.78. The molecule has 1 saturated carbocycles. The molecule has 2 aliphatic heterocycles. The molecule has 0 spiro atoms. The van der Waals surface area contributed by atoms with Crippen LogP contribution in [-0.4, -0.2) is 95.0 Å². The van der Waals surface area contributed by atoms with Crippen molar-refractivity contribution in [3.8, 4) is 5.75 Å². The number of carbonyl (C=O) groups is 1. The smallest absolute Gasteiger partial charge is 0.303 e. The first kappa shape index (κ1) is 30.5. The highest BCUT2D eigenvalue weighted by atomic mass is 32.2. The highest BCUT2D eigenvalue weighted by Crippen LogP contribution is 2.43. The van der Waals surface area contributed by atoms with E-state index in [0.29, 0.717) is 32.6 Å². The lowest BCUT2D eigenvalue weighted by Gasteiger charge is -2.42. The van der Waals surface area contributed by atoms with E-state index in [9.17, 15) is 15.0 Å². The number of fused-ring (bicyclic) bond motifs is 1. The summed E-state index contributed by atoms with van der Waals surface area (Å²) < 4.78 is 11.1. The molecule has 3 heterocycles. The van der Waals surface area contributed by atoms with Crippen LogP contribution in [0.2, 0.25) is 0 Å². The molecule has 1 aromatic heterocycles. The number of likely N-dealkylation sites (tertiary alicyclic amines) is 1. The summed E-state index contributed by atoms with van der Waals surface area (Å²) in [7, 11) is 1.65. The van der Waals surface area contributed by atoms with E-state index in [1.165, 1.54) is 31.4 Å². The molecule has 3 aliphatic rings. The van der Waals surface area contributed by atoms with Crippen molar-refractivity contribution in [2.24, 2.45) is 5.41 Å². The van der Waals surface area contributed by atoms with Gasteiger partial charge in [0.2, 0.25) is 0 Å². The van der Waals surface area contributed by atoms with Gasteiger partial charge in [0.15, 0.2) is 0 Å².